The quantitative estimate of drug-likeness (QED) is 0.271. The molecule has 33 heavy (non-hydrogen) atoms. The van der Waals surface area contributed by atoms with Gasteiger partial charge in [0, 0.05) is 11.1 Å². The molecular weight excluding hydrogens is 428 g/mol. The number of rotatable bonds is 12. The molecule has 0 aliphatic carbocycles. The van der Waals surface area contributed by atoms with E-state index in [0.29, 0.717) is 11.5 Å². The Hall–Kier alpha value is -3.68. The maximum Gasteiger partial charge on any atom is 0.316 e. The Balaban J connectivity index is 2.40. The summed E-state index contributed by atoms with van der Waals surface area (Å²) in [6, 6.07) is 12.4. The van der Waals surface area contributed by atoms with Crippen LogP contribution < -0.4 is 9.47 Å². The van der Waals surface area contributed by atoms with Gasteiger partial charge in [0.2, 0.25) is 0 Å². The summed E-state index contributed by atoms with van der Waals surface area (Å²) >= 11 is 0. The summed E-state index contributed by atoms with van der Waals surface area (Å²) < 4.78 is 20.4. The number of Topliss-reactive ketones (excluding diaryl/α,β-unsaturated/α-hetero) is 2. The van der Waals surface area contributed by atoms with E-state index in [1.165, 1.54) is 38.5 Å². The molecule has 0 spiro atoms. The van der Waals surface area contributed by atoms with E-state index in [0.717, 1.165) is 0 Å². The third-order valence-corrected chi connectivity index (χ3v) is 5.00. The Morgan fingerprint density at radius 3 is 1.24 bits per heavy atom. The standard InChI is InChI=1S/C25H28O8/c1-5-32-24(28)20(22(26)16-7-11-18(30-3)12-8-16)15-21(25(29)33-6-2)23(27)17-9-13-19(31-4)14-10-17/h7-14,20-21H,5-6,15H2,1-4H3. The molecule has 0 bridgehead atoms. The summed E-state index contributed by atoms with van der Waals surface area (Å²) in [5.41, 5.74) is 0.460. The van der Waals surface area contributed by atoms with E-state index in [9.17, 15) is 19.2 Å². The zero-order valence-electron chi connectivity index (χ0n) is 19.2. The second kappa shape index (κ2) is 12.4. The van der Waals surface area contributed by atoms with Crippen molar-refractivity contribution in [3.8, 4) is 11.5 Å². The normalized spacial score (nSPS) is 12.2. The Kier molecular flexibility index (Phi) is 9.60. The van der Waals surface area contributed by atoms with Crippen LogP contribution in [0.2, 0.25) is 0 Å². The molecule has 2 rings (SSSR count). The third-order valence-electron chi connectivity index (χ3n) is 5.00. The summed E-state index contributed by atoms with van der Waals surface area (Å²) in [5, 5.41) is 0. The lowest BCUT2D eigenvalue weighted by Gasteiger charge is -2.20. The van der Waals surface area contributed by atoms with Crippen LogP contribution in [0.4, 0.5) is 0 Å². The van der Waals surface area contributed by atoms with Gasteiger partial charge in [-0.25, -0.2) is 0 Å². The molecule has 2 aromatic carbocycles. The SMILES string of the molecule is CCOC(=O)C(CC(C(=O)OCC)C(=O)c1ccc(OC)cc1)C(=O)c1ccc(OC)cc1. The van der Waals surface area contributed by atoms with Crippen LogP contribution in [0.3, 0.4) is 0 Å². The van der Waals surface area contributed by atoms with Crippen LogP contribution in [-0.4, -0.2) is 50.9 Å². The number of benzene rings is 2. The van der Waals surface area contributed by atoms with Gasteiger partial charge in [0.05, 0.1) is 27.4 Å². The number of hydrogen-bond donors (Lipinski definition) is 0. The first kappa shape index (κ1) is 25.6. The van der Waals surface area contributed by atoms with Crippen LogP contribution in [0.15, 0.2) is 48.5 Å². The number of methoxy groups -OCH3 is 2. The van der Waals surface area contributed by atoms with Gasteiger partial charge in [0.15, 0.2) is 11.6 Å². The van der Waals surface area contributed by atoms with Gasteiger partial charge in [-0.3, -0.25) is 19.2 Å². The largest absolute Gasteiger partial charge is 0.497 e. The lowest BCUT2D eigenvalue weighted by atomic mass is 9.84. The Morgan fingerprint density at radius 1 is 0.636 bits per heavy atom. The first-order chi connectivity index (χ1) is 15.9. The van der Waals surface area contributed by atoms with Gasteiger partial charge in [-0.05, 0) is 68.8 Å². The van der Waals surface area contributed by atoms with Gasteiger partial charge in [-0.15, -0.1) is 0 Å². The number of hydrogen-bond acceptors (Lipinski definition) is 8. The number of carbonyl (C=O) groups is 4. The molecule has 2 aromatic rings. The maximum atomic E-state index is 13.2. The Bertz CT molecular complexity index is 883. The van der Waals surface area contributed by atoms with Gasteiger partial charge in [0.25, 0.3) is 0 Å². The van der Waals surface area contributed by atoms with Crippen LogP contribution in [0.5, 0.6) is 11.5 Å². The number of carbonyl (C=O) groups excluding carboxylic acids is 4. The highest BCUT2D eigenvalue weighted by Crippen LogP contribution is 2.25. The Morgan fingerprint density at radius 2 is 0.970 bits per heavy atom. The third kappa shape index (κ3) is 6.65. The van der Waals surface area contributed by atoms with E-state index in [2.05, 4.69) is 0 Å². The summed E-state index contributed by atoms with van der Waals surface area (Å²) in [7, 11) is 2.99. The molecule has 0 N–H and O–H groups in total. The number of ketones is 2. The second-order valence-corrected chi connectivity index (χ2v) is 7.03. The minimum absolute atomic E-state index is 0.0434. The van der Waals surface area contributed by atoms with Crippen LogP contribution in [-0.2, 0) is 19.1 Å². The fourth-order valence-corrected chi connectivity index (χ4v) is 3.25. The lowest BCUT2D eigenvalue weighted by Crippen LogP contribution is -2.35. The summed E-state index contributed by atoms with van der Waals surface area (Å²) in [5.74, 6) is -4.40. The summed E-state index contributed by atoms with van der Waals surface area (Å²) in [6.07, 6.45) is -0.382. The topological polar surface area (TPSA) is 105 Å². The average molecular weight is 456 g/mol. The fourth-order valence-electron chi connectivity index (χ4n) is 3.25. The highest BCUT2D eigenvalue weighted by molar-refractivity contribution is 6.12. The van der Waals surface area contributed by atoms with Crippen LogP contribution in [0.25, 0.3) is 0 Å². The zero-order valence-corrected chi connectivity index (χ0v) is 19.2. The summed E-state index contributed by atoms with van der Waals surface area (Å²) in [4.78, 5) is 51.8. The van der Waals surface area contributed by atoms with Crippen LogP contribution in [0, 0.1) is 11.8 Å². The average Bonchev–Trinajstić information content (AvgIpc) is 2.84. The van der Waals surface area contributed by atoms with Gasteiger partial charge in [-0.1, -0.05) is 0 Å². The van der Waals surface area contributed by atoms with Crippen molar-refractivity contribution in [2.75, 3.05) is 27.4 Å². The van der Waals surface area contributed by atoms with Crippen molar-refractivity contribution in [3.05, 3.63) is 59.7 Å². The van der Waals surface area contributed by atoms with Crippen molar-refractivity contribution in [1.29, 1.82) is 0 Å². The molecule has 0 radical (unpaired) electrons. The van der Waals surface area contributed by atoms with E-state index < -0.39 is 35.3 Å². The van der Waals surface area contributed by atoms with Crippen LogP contribution >= 0.6 is 0 Å². The minimum Gasteiger partial charge on any atom is -0.497 e. The van der Waals surface area contributed by atoms with Crippen LogP contribution in [0.1, 0.15) is 41.0 Å². The smallest absolute Gasteiger partial charge is 0.316 e. The second-order valence-electron chi connectivity index (χ2n) is 7.03. The molecule has 0 aliphatic heterocycles. The molecule has 0 aromatic heterocycles. The van der Waals surface area contributed by atoms with Crippen molar-refractivity contribution >= 4 is 23.5 Å². The highest BCUT2D eigenvalue weighted by Gasteiger charge is 2.38. The first-order valence-electron chi connectivity index (χ1n) is 10.6. The lowest BCUT2D eigenvalue weighted by molar-refractivity contribution is -0.149. The summed E-state index contributed by atoms with van der Waals surface area (Å²) in [6.45, 7) is 3.31. The van der Waals surface area contributed by atoms with E-state index in [-0.39, 0.29) is 30.8 Å². The molecular formula is C25H28O8. The van der Waals surface area contributed by atoms with Gasteiger partial charge >= 0.3 is 11.9 Å². The van der Waals surface area contributed by atoms with Gasteiger partial charge in [0.1, 0.15) is 23.3 Å². The highest BCUT2D eigenvalue weighted by atomic mass is 16.5. The van der Waals surface area contributed by atoms with E-state index >= 15 is 0 Å². The fraction of sp³-hybridized carbons (Fsp3) is 0.360. The molecule has 0 aliphatic rings. The van der Waals surface area contributed by atoms with Gasteiger partial charge in [-0.2, -0.15) is 0 Å². The maximum absolute atomic E-state index is 13.2. The molecule has 0 amide bonds. The van der Waals surface area contributed by atoms with E-state index in [4.69, 9.17) is 18.9 Å². The molecule has 0 heterocycles. The van der Waals surface area contributed by atoms with E-state index in [1.54, 1.807) is 38.1 Å². The molecule has 2 unspecified atom stereocenters. The number of esters is 2. The first-order valence-corrected chi connectivity index (χ1v) is 10.6. The van der Waals surface area contributed by atoms with Crippen molar-refractivity contribution in [2.45, 2.75) is 20.3 Å². The van der Waals surface area contributed by atoms with Crippen molar-refractivity contribution in [3.63, 3.8) is 0 Å². The van der Waals surface area contributed by atoms with Crippen molar-refractivity contribution in [1.82, 2.24) is 0 Å². The molecule has 0 saturated carbocycles. The predicted octanol–water partition coefficient (Wildman–Crippen LogP) is 3.52. The molecule has 0 saturated heterocycles. The molecule has 2 atom stereocenters. The minimum atomic E-state index is -1.37. The van der Waals surface area contributed by atoms with Gasteiger partial charge < -0.3 is 18.9 Å². The monoisotopic (exact) mass is 456 g/mol. The predicted molar refractivity (Wildman–Crippen MR) is 120 cm³/mol. The molecule has 176 valence electrons. The van der Waals surface area contributed by atoms with Crippen molar-refractivity contribution < 1.29 is 38.1 Å². The van der Waals surface area contributed by atoms with Crippen molar-refractivity contribution in [2.24, 2.45) is 11.8 Å². The zero-order chi connectivity index (χ0) is 24.4. The Labute approximate surface area is 192 Å². The molecule has 8 nitrogen and oxygen atoms in total. The molecule has 8 heteroatoms. The molecule has 0 fully saturated rings. The number of ether oxygens (including phenoxy) is 4. The van der Waals surface area contributed by atoms with E-state index in [1.807, 2.05) is 0 Å².